The van der Waals surface area contributed by atoms with Crippen LogP contribution in [0.4, 0.5) is 4.39 Å². The molecular formula is C11H15FO2S. The van der Waals surface area contributed by atoms with Crippen molar-refractivity contribution in [3.8, 4) is 0 Å². The van der Waals surface area contributed by atoms with E-state index < -0.39 is 0 Å². The molecule has 1 aromatic carbocycles. The van der Waals surface area contributed by atoms with Gasteiger partial charge in [0.15, 0.2) is 0 Å². The molecule has 0 saturated carbocycles. The predicted octanol–water partition coefficient (Wildman–Crippen LogP) is 2.45. The van der Waals surface area contributed by atoms with Gasteiger partial charge in [0.1, 0.15) is 5.82 Å². The third-order valence-corrected chi connectivity index (χ3v) is 3.15. The lowest BCUT2D eigenvalue weighted by molar-refractivity contribution is 0.200. The van der Waals surface area contributed by atoms with E-state index in [2.05, 4.69) is 0 Å². The summed E-state index contributed by atoms with van der Waals surface area (Å²) in [5.74, 6) is 0.604. The summed E-state index contributed by atoms with van der Waals surface area (Å²) in [4.78, 5) is 0.940. The third-order valence-electron chi connectivity index (χ3n) is 1.94. The summed E-state index contributed by atoms with van der Waals surface area (Å²) in [6.45, 7) is 0.604. The summed E-state index contributed by atoms with van der Waals surface area (Å²) in [6.07, 6.45) is 0.948. The van der Waals surface area contributed by atoms with Crippen molar-refractivity contribution in [2.24, 2.45) is 0 Å². The van der Waals surface area contributed by atoms with Gasteiger partial charge in [0.2, 0.25) is 0 Å². The van der Waals surface area contributed by atoms with Gasteiger partial charge in [-0.2, -0.15) is 0 Å². The first-order valence-electron chi connectivity index (χ1n) is 4.79. The normalized spacial score (nSPS) is 10.6. The second-order valence-corrected chi connectivity index (χ2v) is 4.24. The van der Waals surface area contributed by atoms with Crippen molar-refractivity contribution in [1.29, 1.82) is 0 Å². The Bertz CT molecular complexity index is 305. The van der Waals surface area contributed by atoms with Crippen LogP contribution >= 0.6 is 11.8 Å². The number of thioether (sulfide) groups is 1. The van der Waals surface area contributed by atoms with Gasteiger partial charge in [-0.3, -0.25) is 0 Å². The molecule has 0 aliphatic carbocycles. The average Bonchev–Trinajstić information content (AvgIpc) is 2.26. The highest BCUT2D eigenvalue weighted by Gasteiger charge is 2.03. The molecule has 0 aromatic heterocycles. The fourth-order valence-corrected chi connectivity index (χ4v) is 2.15. The maximum Gasteiger partial charge on any atom is 0.123 e. The largest absolute Gasteiger partial charge is 0.392 e. The monoisotopic (exact) mass is 230 g/mol. The second-order valence-electron chi connectivity index (χ2n) is 3.10. The van der Waals surface area contributed by atoms with Gasteiger partial charge >= 0.3 is 0 Å². The van der Waals surface area contributed by atoms with E-state index in [0.29, 0.717) is 5.56 Å². The van der Waals surface area contributed by atoms with Gasteiger partial charge in [-0.25, -0.2) is 4.39 Å². The van der Waals surface area contributed by atoms with Crippen molar-refractivity contribution in [3.63, 3.8) is 0 Å². The molecule has 0 aliphatic heterocycles. The Labute approximate surface area is 93.5 Å². The number of rotatable bonds is 6. The number of ether oxygens (including phenoxy) is 1. The lowest BCUT2D eigenvalue weighted by Gasteiger charge is -2.06. The number of aliphatic hydroxyl groups is 1. The lowest BCUT2D eigenvalue weighted by atomic mass is 10.2. The molecule has 0 fully saturated rings. The van der Waals surface area contributed by atoms with Gasteiger partial charge in [0, 0.05) is 24.4 Å². The fourth-order valence-electron chi connectivity index (χ4n) is 1.20. The van der Waals surface area contributed by atoms with E-state index in [1.807, 2.05) is 0 Å². The Hall–Kier alpha value is -0.580. The molecule has 0 aliphatic rings. The molecule has 0 heterocycles. The SMILES string of the molecule is COCCCSc1ccc(F)cc1CO. The molecule has 0 bridgehead atoms. The smallest absolute Gasteiger partial charge is 0.123 e. The summed E-state index contributed by atoms with van der Waals surface area (Å²) in [6, 6.07) is 4.49. The molecule has 84 valence electrons. The molecule has 0 amide bonds. The minimum absolute atomic E-state index is 0.121. The zero-order valence-electron chi connectivity index (χ0n) is 8.70. The molecule has 4 heteroatoms. The third kappa shape index (κ3) is 4.20. The Balaban J connectivity index is 2.52. The first-order valence-corrected chi connectivity index (χ1v) is 5.77. The van der Waals surface area contributed by atoms with E-state index in [-0.39, 0.29) is 12.4 Å². The maximum atomic E-state index is 12.8. The standard InChI is InChI=1S/C11H15FO2S/c1-14-5-2-6-15-11-4-3-10(12)7-9(11)8-13/h3-4,7,13H,2,5-6,8H2,1H3. The topological polar surface area (TPSA) is 29.5 Å². The van der Waals surface area contributed by atoms with Crippen molar-refractivity contribution in [2.75, 3.05) is 19.5 Å². The molecule has 0 unspecified atom stereocenters. The van der Waals surface area contributed by atoms with E-state index in [0.717, 1.165) is 23.7 Å². The number of aliphatic hydroxyl groups excluding tert-OH is 1. The van der Waals surface area contributed by atoms with Crippen LogP contribution in [-0.4, -0.2) is 24.6 Å². The van der Waals surface area contributed by atoms with Gasteiger partial charge in [0.25, 0.3) is 0 Å². The van der Waals surface area contributed by atoms with Crippen LogP contribution in [0.5, 0.6) is 0 Å². The van der Waals surface area contributed by atoms with E-state index in [1.165, 1.54) is 12.1 Å². The maximum absolute atomic E-state index is 12.8. The van der Waals surface area contributed by atoms with Crippen molar-refractivity contribution in [3.05, 3.63) is 29.6 Å². The van der Waals surface area contributed by atoms with Crippen molar-refractivity contribution >= 4 is 11.8 Å². The quantitative estimate of drug-likeness (QED) is 0.601. The molecule has 0 atom stereocenters. The fraction of sp³-hybridized carbons (Fsp3) is 0.455. The highest BCUT2D eigenvalue weighted by Crippen LogP contribution is 2.24. The Morgan fingerprint density at radius 2 is 2.27 bits per heavy atom. The predicted molar refractivity (Wildman–Crippen MR) is 59.5 cm³/mol. The number of hydrogen-bond acceptors (Lipinski definition) is 3. The van der Waals surface area contributed by atoms with Gasteiger partial charge in [0.05, 0.1) is 6.61 Å². The molecule has 0 saturated heterocycles. The molecule has 1 aromatic rings. The van der Waals surface area contributed by atoms with E-state index in [9.17, 15) is 4.39 Å². The average molecular weight is 230 g/mol. The number of halogens is 1. The van der Waals surface area contributed by atoms with Crippen LogP contribution in [0.3, 0.4) is 0 Å². The molecule has 1 rings (SSSR count). The summed E-state index contributed by atoms with van der Waals surface area (Å²) >= 11 is 1.61. The van der Waals surface area contributed by atoms with Gasteiger partial charge in [-0.1, -0.05) is 0 Å². The van der Waals surface area contributed by atoms with Crippen LogP contribution in [-0.2, 0) is 11.3 Å². The number of methoxy groups -OCH3 is 1. The van der Waals surface area contributed by atoms with Crippen LogP contribution in [0.25, 0.3) is 0 Å². The highest BCUT2D eigenvalue weighted by atomic mass is 32.2. The molecule has 1 N–H and O–H groups in total. The second kappa shape index (κ2) is 6.82. The summed E-state index contributed by atoms with van der Waals surface area (Å²) < 4.78 is 17.8. The lowest BCUT2D eigenvalue weighted by Crippen LogP contribution is -1.93. The van der Waals surface area contributed by atoms with Crippen molar-refractivity contribution in [1.82, 2.24) is 0 Å². The minimum Gasteiger partial charge on any atom is -0.392 e. The Kier molecular flexibility index (Phi) is 5.68. The number of benzene rings is 1. The summed E-state index contributed by atoms with van der Waals surface area (Å²) in [5, 5.41) is 9.04. The van der Waals surface area contributed by atoms with Gasteiger partial charge in [-0.15, -0.1) is 11.8 Å². The van der Waals surface area contributed by atoms with Crippen LogP contribution in [0.1, 0.15) is 12.0 Å². The van der Waals surface area contributed by atoms with Crippen LogP contribution in [0, 0.1) is 5.82 Å². The molecule has 15 heavy (non-hydrogen) atoms. The first kappa shape index (κ1) is 12.5. The van der Waals surface area contributed by atoms with Crippen LogP contribution in [0.15, 0.2) is 23.1 Å². The number of hydrogen-bond donors (Lipinski definition) is 1. The Morgan fingerprint density at radius 1 is 1.47 bits per heavy atom. The van der Waals surface area contributed by atoms with E-state index >= 15 is 0 Å². The van der Waals surface area contributed by atoms with Gasteiger partial charge in [-0.05, 0) is 30.2 Å². The zero-order valence-corrected chi connectivity index (χ0v) is 9.52. The van der Waals surface area contributed by atoms with Crippen LogP contribution < -0.4 is 0 Å². The molecular weight excluding hydrogens is 215 g/mol. The molecule has 2 nitrogen and oxygen atoms in total. The first-order chi connectivity index (χ1) is 7.27. The molecule has 0 radical (unpaired) electrons. The van der Waals surface area contributed by atoms with Crippen molar-refractivity contribution < 1.29 is 14.2 Å². The van der Waals surface area contributed by atoms with E-state index in [4.69, 9.17) is 9.84 Å². The van der Waals surface area contributed by atoms with Crippen LogP contribution in [0.2, 0.25) is 0 Å². The van der Waals surface area contributed by atoms with Gasteiger partial charge < -0.3 is 9.84 Å². The molecule has 0 spiro atoms. The summed E-state index contributed by atoms with van der Waals surface area (Å²) in [5.41, 5.74) is 0.650. The van der Waals surface area contributed by atoms with Crippen molar-refractivity contribution in [2.45, 2.75) is 17.9 Å². The minimum atomic E-state index is -0.305. The highest BCUT2D eigenvalue weighted by molar-refractivity contribution is 7.99. The summed E-state index contributed by atoms with van der Waals surface area (Å²) in [7, 11) is 1.67. The Morgan fingerprint density at radius 3 is 2.93 bits per heavy atom. The van der Waals surface area contributed by atoms with E-state index in [1.54, 1.807) is 24.9 Å². The zero-order chi connectivity index (χ0) is 11.1.